The Bertz CT molecular complexity index is 823. The van der Waals surface area contributed by atoms with Crippen molar-refractivity contribution in [1.29, 1.82) is 0 Å². The number of aryl methyl sites for hydroxylation is 1. The maximum atomic E-state index is 13.1. The van der Waals surface area contributed by atoms with Gasteiger partial charge in [0.05, 0.1) is 16.3 Å². The minimum atomic E-state index is -3.67. The number of anilines is 1. The third kappa shape index (κ3) is 2.37. The molecule has 0 amide bonds. The SMILES string of the molecule is C/C=C1/COc2ccccc2N1S(=O)(=O)c1ccc(C)cc1. The van der Waals surface area contributed by atoms with Crippen LogP contribution in [0.2, 0.25) is 0 Å². The van der Waals surface area contributed by atoms with Crippen LogP contribution >= 0.6 is 0 Å². The van der Waals surface area contributed by atoms with Crippen LogP contribution < -0.4 is 9.04 Å². The Morgan fingerprint density at radius 1 is 1.09 bits per heavy atom. The quantitative estimate of drug-likeness (QED) is 0.852. The van der Waals surface area contributed by atoms with Gasteiger partial charge in [0.25, 0.3) is 10.0 Å². The Morgan fingerprint density at radius 2 is 1.77 bits per heavy atom. The van der Waals surface area contributed by atoms with Crippen molar-refractivity contribution in [2.24, 2.45) is 0 Å². The van der Waals surface area contributed by atoms with Gasteiger partial charge in [-0.2, -0.15) is 0 Å². The van der Waals surface area contributed by atoms with Crippen molar-refractivity contribution in [3.63, 3.8) is 0 Å². The molecule has 0 aliphatic carbocycles. The molecule has 0 radical (unpaired) electrons. The molecule has 22 heavy (non-hydrogen) atoms. The number of hydrogen-bond acceptors (Lipinski definition) is 3. The molecule has 0 saturated heterocycles. The van der Waals surface area contributed by atoms with E-state index in [0.29, 0.717) is 17.1 Å². The molecular weight excluding hydrogens is 298 g/mol. The molecule has 2 aromatic rings. The third-order valence-corrected chi connectivity index (χ3v) is 5.39. The molecule has 0 saturated carbocycles. The van der Waals surface area contributed by atoms with Gasteiger partial charge in [-0.15, -0.1) is 0 Å². The van der Waals surface area contributed by atoms with Crippen LogP contribution in [0.15, 0.2) is 65.2 Å². The molecule has 1 aliphatic rings. The van der Waals surface area contributed by atoms with Crippen LogP contribution in [0.1, 0.15) is 12.5 Å². The maximum absolute atomic E-state index is 13.1. The zero-order valence-electron chi connectivity index (χ0n) is 12.5. The lowest BCUT2D eigenvalue weighted by Crippen LogP contribution is -2.36. The predicted molar refractivity (Wildman–Crippen MR) is 86.5 cm³/mol. The Labute approximate surface area is 130 Å². The van der Waals surface area contributed by atoms with E-state index in [-0.39, 0.29) is 11.5 Å². The summed E-state index contributed by atoms with van der Waals surface area (Å²) in [6, 6.07) is 14.0. The van der Waals surface area contributed by atoms with Gasteiger partial charge < -0.3 is 4.74 Å². The van der Waals surface area contributed by atoms with Crippen LogP contribution in [0.5, 0.6) is 5.75 Å². The lowest BCUT2D eigenvalue weighted by Gasteiger charge is -2.32. The Morgan fingerprint density at radius 3 is 2.45 bits per heavy atom. The summed E-state index contributed by atoms with van der Waals surface area (Å²) in [7, 11) is -3.67. The highest BCUT2D eigenvalue weighted by atomic mass is 32.2. The van der Waals surface area contributed by atoms with Gasteiger partial charge in [0.1, 0.15) is 12.4 Å². The summed E-state index contributed by atoms with van der Waals surface area (Å²) in [5.41, 5.74) is 2.18. The van der Waals surface area contributed by atoms with E-state index < -0.39 is 10.0 Å². The van der Waals surface area contributed by atoms with E-state index in [4.69, 9.17) is 4.74 Å². The molecule has 4 nitrogen and oxygen atoms in total. The molecule has 0 unspecified atom stereocenters. The van der Waals surface area contributed by atoms with Gasteiger partial charge in [-0.1, -0.05) is 35.9 Å². The first-order chi connectivity index (χ1) is 10.5. The molecule has 2 aromatic carbocycles. The van der Waals surface area contributed by atoms with E-state index in [2.05, 4.69) is 0 Å². The summed E-state index contributed by atoms with van der Waals surface area (Å²) in [6.45, 7) is 3.97. The van der Waals surface area contributed by atoms with Gasteiger partial charge >= 0.3 is 0 Å². The average molecular weight is 315 g/mol. The van der Waals surface area contributed by atoms with Gasteiger partial charge in [-0.05, 0) is 38.1 Å². The van der Waals surface area contributed by atoms with Crippen molar-refractivity contribution in [3.8, 4) is 5.75 Å². The van der Waals surface area contributed by atoms with Gasteiger partial charge in [0.15, 0.2) is 0 Å². The molecule has 114 valence electrons. The highest BCUT2D eigenvalue weighted by molar-refractivity contribution is 7.93. The molecular formula is C17H17NO3S. The molecule has 0 atom stereocenters. The summed E-state index contributed by atoms with van der Waals surface area (Å²) in [5, 5.41) is 0. The number of sulfonamides is 1. The van der Waals surface area contributed by atoms with Crippen LogP contribution in [-0.2, 0) is 10.0 Å². The molecule has 0 bridgehead atoms. The molecule has 0 spiro atoms. The van der Waals surface area contributed by atoms with Crippen LogP contribution in [0.3, 0.4) is 0 Å². The highest BCUT2D eigenvalue weighted by Crippen LogP contribution is 2.38. The van der Waals surface area contributed by atoms with Crippen molar-refractivity contribution in [2.45, 2.75) is 18.7 Å². The first-order valence-electron chi connectivity index (χ1n) is 7.03. The minimum Gasteiger partial charge on any atom is -0.485 e. The molecule has 0 aromatic heterocycles. The largest absolute Gasteiger partial charge is 0.485 e. The summed E-state index contributed by atoms with van der Waals surface area (Å²) in [6.07, 6.45) is 1.77. The maximum Gasteiger partial charge on any atom is 0.268 e. The number of nitrogens with zero attached hydrogens (tertiary/aromatic N) is 1. The van der Waals surface area contributed by atoms with Gasteiger partial charge in [0, 0.05) is 0 Å². The van der Waals surface area contributed by atoms with Gasteiger partial charge in [-0.25, -0.2) is 12.7 Å². The Hall–Kier alpha value is -2.27. The van der Waals surface area contributed by atoms with Crippen molar-refractivity contribution >= 4 is 15.7 Å². The first kappa shape index (κ1) is 14.7. The molecule has 5 heteroatoms. The number of rotatable bonds is 2. The summed E-state index contributed by atoms with van der Waals surface area (Å²) < 4.78 is 33.1. The van der Waals surface area contributed by atoms with Crippen LogP contribution in [0, 0.1) is 6.92 Å². The van der Waals surface area contributed by atoms with E-state index in [1.807, 2.05) is 19.9 Å². The number of hydrogen-bond donors (Lipinski definition) is 0. The van der Waals surface area contributed by atoms with Crippen molar-refractivity contribution in [2.75, 3.05) is 10.9 Å². The molecule has 1 heterocycles. The first-order valence-corrected chi connectivity index (χ1v) is 8.47. The predicted octanol–water partition coefficient (Wildman–Crippen LogP) is 3.49. The van der Waals surface area contributed by atoms with E-state index in [0.717, 1.165) is 5.56 Å². The number of benzene rings is 2. The monoisotopic (exact) mass is 315 g/mol. The lowest BCUT2D eigenvalue weighted by atomic mass is 10.2. The fourth-order valence-electron chi connectivity index (χ4n) is 2.41. The topological polar surface area (TPSA) is 46.6 Å². The number of ether oxygens (including phenoxy) is 1. The third-order valence-electron chi connectivity index (χ3n) is 3.61. The molecule has 0 fully saturated rings. The van der Waals surface area contributed by atoms with Crippen molar-refractivity contribution in [3.05, 3.63) is 65.9 Å². The van der Waals surface area contributed by atoms with E-state index >= 15 is 0 Å². The van der Waals surface area contributed by atoms with Gasteiger partial charge in [-0.3, -0.25) is 0 Å². The number of fused-ring (bicyclic) bond motifs is 1. The van der Waals surface area contributed by atoms with Crippen LogP contribution in [0.25, 0.3) is 0 Å². The molecule has 3 rings (SSSR count). The summed E-state index contributed by atoms with van der Waals surface area (Å²) in [4.78, 5) is 0.272. The second kappa shape index (κ2) is 5.50. The number of allylic oxidation sites excluding steroid dienone is 1. The van der Waals surface area contributed by atoms with Crippen LogP contribution in [-0.4, -0.2) is 15.0 Å². The average Bonchev–Trinajstić information content (AvgIpc) is 2.54. The summed E-state index contributed by atoms with van der Waals surface area (Å²) >= 11 is 0. The standard InChI is InChI=1S/C17H17NO3S/c1-3-14-12-21-17-7-5-4-6-16(17)18(14)22(19,20)15-10-8-13(2)9-11-15/h3-11H,12H2,1-2H3/b14-3-. The zero-order chi connectivity index (χ0) is 15.7. The fraction of sp³-hybridized carbons (Fsp3) is 0.176. The highest BCUT2D eigenvalue weighted by Gasteiger charge is 2.33. The number of para-hydroxylation sites is 2. The Kier molecular flexibility index (Phi) is 3.66. The van der Waals surface area contributed by atoms with Crippen molar-refractivity contribution < 1.29 is 13.2 Å². The molecule has 1 aliphatic heterocycles. The normalized spacial score (nSPS) is 16.3. The van der Waals surface area contributed by atoms with E-state index in [1.165, 1.54) is 4.31 Å². The fourth-order valence-corrected chi connectivity index (χ4v) is 3.98. The van der Waals surface area contributed by atoms with E-state index in [1.54, 1.807) is 48.5 Å². The van der Waals surface area contributed by atoms with Crippen LogP contribution in [0.4, 0.5) is 5.69 Å². The smallest absolute Gasteiger partial charge is 0.268 e. The van der Waals surface area contributed by atoms with Crippen molar-refractivity contribution in [1.82, 2.24) is 0 Å². The lowest BCUT2D eigenvalue weighted by molar-refractivity contribution is 0.340. The Balaban J connectivity index is 2.17. The second-order valence-electron chi connectivity index (χ2n) is 5.12. The second-order valence-corrected chi connectivity index (χ2v) is 6.91. The minimum absolute atomic E-state index is 0.235. The molecule has 0 N–H and O–H groups in total. The van der Waals surface area contributed by atoms with Gasteiger partial charge in [0.2, 0.25) is 0 Å². The zero-order valence-corrected chi connectivity index (χ0v) is 13.3. The summed E-state index contributed by atoms with van der Waals surface area (Å²) in [5.74, 6) is 0.573. The van der Waals surface area contributed by atoms with E-state index in [9.17, 15) is 8.42 Å².